The van der Waals surface area contributed by atoms with Gasteiger partial charge in [0.2, 0.25) is 0 Å². The Morgan fingerprint density at radius 2 is 1.70 bits per heavy atom. The second-order valence-corrected chi connectivity index (χ2v) is 8.86. The molecule has 0 saturated carbocycles. The van der Waals surface area contributed by atoms with Crippen molar-refractivity contribution in [3.05, 3.63) is 91.1 Å². The standard InChI is InChI=1S/C23H17Cl2NO3S/c1-12-3-6-15(7-4-12)26-19(22-13(2)9-10-30-22)18(21(28)23(26)29)20(27)14-5-8-16(24)17(25)11-14/h3-11,19,27H,1-2H3/b20-18-. The lowest BCUT2D eigenvalue weighted by atomic mass is 9.98. The molecular weight excluding hydrogens is 441 g/mol. The normalized spacial score (nSPS) is 18.3. The summed E-state index contributed by atoms with van der Waals surface area (Å²) >= 11 is 13.5. The van der Waals surface area contributed by atoms with Crippen LogP contribution in [-0.4, -0.2) is 16.8 Å². The molecule has 3 aromatic rings. The quantitative estimate of drug-likeness (QED) is 0.285. The highest BCUT2D eigenvalue weighted by Gasteiger charge is 2.47. The maximum Gasteiger partial charge on any atom is 0.300 e. The minimum atomic E-state index is -0.739. The topological polar surface area (TPSA) is 57.6 Å². The summed E-state index contributed by atoms with van der Waals surface area (Å²) in [5.41, 5.74) is 2.92. The van der Waals surface area contributed by atoms with E-state index in [0.717, 1.165) is 16.0 Å². The SMILES string of the molecule is Cc1ccc(N2C(=O)C(=O)/C(=C(\O)c3ccc(Cl)c(Cl)c3)C2c2sccc2C)cc1. The van der Waals surface area contributed by atoms with E-state index in [1.807, 2.05) is 37.4 Å². The predicted molar refractivity (Wildman–Crippen MR) is 121 cm³/mol. The van der Waals surface area contributed by atoms with Gasteiger partial charge in [-0.2, -0.15) is 0 Å². The molecular formula is C23H17Cl2NO3S. The Kier molecular flexibility index (Phi) is 5.45. The number of Topliss-reactive ketones (excluding diaryl/α,β-unsaturated/α-hetero) is 1. The molecule has 1 amide bonds. The number of ketones is 1. The van der Waals surface area contributed by atoms with Gasteiger partial charge < -0.3 is 5.11 Å². The molecule has 1 fully saturated rings. The van der Waals surface area contributed by atoms with E-state index in [1.54, 1.807) is 24.3 Å². The molecule has 0 bridgehead atoms. The number of aliphatic hydroxyl groups is 1. The molecule has 4 rings (SSSR count). The monoisotopic (exact) mass is 457 g/mol. The Hall–Kier alpha value is -2.60. The summed E-state index contributed by atoms with van der Waals surface area (Å²) in [5.74, 6) is -1.70. The molecule has 0 aliphatic carbocycles. The van der Waals surface area contributed by atoms with Crippen LogP contribution in [0, 0.1) is 13.8 Å². The van der Waals surface area contributed by atoms with Crippen LogP contribution >= 0.6 is 34.5 Å². The van der Waals surface area contributed by atoms with Crippen molar-refractivity contribution in [2.24, 2.45) is 0 Å². The van der Waals surface area contributed by atoms with Crippen molar-refractivity contribution in [3.8, 4) is 0 Å². The lowest BCUT2D eigenvalue weighted by molar-refractivity contribution is -0.132. The molecule has 0 spiro atoms. The summed E-state index contributed by atoms with van der Waals surface area (Å²) < 4.78 is 0. The molecule has 30 heavy (non-hydrogen) atoms. The van der Waals surface area contributed by atoms with Crippen LogP contribution in [0.15, 0.2) is 59.5 Å². The Labute approximate surface area is 188 Å². The Bertz CT molecular complexity index is 1200. The number of nitrogens with zero attached hydrogens (tertiary/aromatic N) is 1. The average Bonchev–Trinajstić information content (AvgIpc) is 3.25. The van der Waals surface area contributed by atoms with Crippen molar-refractivity contribution >= 4 is 57.7 Å². The first kappa shape index (κ1) is 20.7. The molecule has 1 atom stereocenters. The summed E-state index contributed by atoms with van der Waals surface area (Å²) in [5, 5.41) is 13.6. The third kappa shape index (κ3) is 3.43. The van der Waals surface area contributed by atoms with E-state index >= 15 is 0 Å². The van der Waals surface area contributed by atoms with Crippen LogP contribution in [0.5, 0.6) is 0 Å². The maximum absolute atomic E-state index is 13.1. The van der Waals surface area contributed by atoms with Crippen molar-refractivity contribution in [2.45, 2.75) is 19.9 Å². The summed E-state index contributed by atoms with van der Waals surface area (Å²) in [6.07, 6.45) is 0. The van der Waals surface area contributed by atoms with Gasteiger partial charge in [-0.3, -0.25) is 14.5 Å². The van der Waals surface area contributed by atoms with Crippen molar-refractivity contribution in [1.82, 2.24) is 0 Å². The van der Waals surface area contributed by atoms with Crippen molar-refractivity contribution in [2.75, 3.05) is 4.90 Å². The first-order valence-electron chi connectivity index (χ1n) is 9.16. The van der Waals surface area contributed by atoms with Gasteiger partial charge in [-0.1, -0.05) is 40.9 Å². The molecule has 1 unspecified atom stereocenters. The van der Waals surface area contributed by atoms with E-state index in [4.69, 9.17) is 23.2 Å². The first-order chi connectivity index (χ1) is 14.3. The van der Waals surface area contributed by atoms with Gasteiger partial charge in [-0.25, -0.2) is 0 Å². The molecule has 1 saturated heterocycles. The van der Waals surface area contributed by atoms with Crippen LogP contribution < -0.4 is 4.90 Å². The summed E-state index contributed by atoms with van der Waals surface area (Å²) in [7, 11) is 0. The Balaban J connectivity index is 1.95. The number of hydrogen-bond donors (Lipinski definition) is 1. The minimum absolute atomic E-state index is 0.0320. The summed E-state index contributed by atoms with van der Waals surface area (Å²) in [6, 6.07) is 13.2. The number of amides is 1. The number of halogens is 2. The predicted octanol–water partition coefficient (Wildman–Crippen LogP) is 6.30. The van der Waals surface area contributed by atoms with Crippen molar-refractivity contribution in [3.63, 3.8) is 0 Å². The van der Waals surface area contributed by atoms with Gasteiger partial charge in [-0.15, -0.1) is 11.3 Å². The number of carbonyl (C=O) groups excluding carboxylic acids is 2. The minimum Gasteiger partial charge on any atom is -0.507 e. The van der Waals surface area contributed by atoms with E-state index in [9.17, 15) is 14.7 Å². The smallest absolute Gasteiger partial charge is 0.300 e. The third-order valence-electron chi connectivity index (χ3n) is 5.10. The number of carbonyl (C=O) groups is 2. The van der Waals surface area contributed by atoms with Gasteiger partial charge in [-0.05, 0) is 61.2 Å². The molecule has 4 nitrogen and oxygen atoms in total. The molecule has 2 aromatic carbocycles. The lowest BCUT2D eigenvalue weighted by Crippen LogP contribution is -2.29. The molecule has 1 aliphatic heterocycles. The van der Waals surface area contributed by atoms with E-state index in [-0.39, 0.29) is 16.4 Å². The highest BCUT2D eigenvalue weighted by molar-refractivity contribution is 7.10. The van der Waals surface area contributed by atoms with Gasteiger partial charge >= 0.3 is 0 Å². The largest absolute Gasteiger partial charge is 0.507 e. The molecule has 1 N–H and O–H groups in total. The van der Waals surface area contributed by atoms with Crippen LogP contribution in [0.4, 0.5) is 5.69 Å². The fourth-order valence-corrected chi connectivity index (χ4v) is 4.84. The summed E-state index contributed by atoms with van der Waals surface area (Å²) in [6.45, 7) is 3.86. The Morgan fingerprint density at radius 1 is 1.00 bits per heavy atom. The van der Waals surface area contributed by atoms with E-state index in [1.165, 1.54) is 22.3 Å². The zero-order chi connectivity index (χ0) is 21.6. The number of benzene rings is 2. The molecule has 152 valence electrons. The molecule has 7 heteroatoms. The molecule has 2 heterocycles. The van der Waals surface area contributed by atoms with Crippen LogP contribution in [0.1, 0.15) is 27.6 Å². The van der Waals surface area contributed by atoms with Crippen LogP contribution in [0.2, 0.25) is 10.0 Å². The number of aliphatic hydroxyl groups excluding tert-OH is 1. The fourth-order valence-electron chi connectivity index (χ4n) is 3.52. The highest BCUT2D eigenvalue weighted by atomic mass is 35.5. The second kappa shape index (κ2) is 7.91. The van der Waals surface area contributed by atoms with Gasteiger partial charge in [0.15, 0.2) is 0 Å². The zero-order valence-corrected chi connectivity index (χ0v) is 18.5. The molecule has 1 aromatic heterocycles. The second-order valence-electron chi connectivity index (χ2n) is 7.10. The lowest BCUT2D eigenvalue weighted by Gasteiger charge is -2.25. The highest BCUT2D eigenvalue weighted by Crippen LogP contribution is 2.45. The van der Waals surface area contributed by atoms with Gasteiger partial charge in [0.05, 0.1) is 15.6 Å². The van der Waals surface area contributed by atoms with Gasteiger partial charge in [0.25, 0.3) is 11.7 Å². The zero-order valence-electron chi connectivity index (χ0n) is 16.1. The van der Waals surface area contributed by atoms with Crippen molar-refractivity contribution < 1.29 is 14.7 Å². The van der Waals surface area contributed by atoms with E-state index in [2.05, 4.69) is 0 Å². The van der Waals surface area contributed by atoms with Crippen LogP contribution in [0.3, 0.4) is 0 Å². The maximum atomic E-state index is 13.1. The van der Waals surface area contributed by atoms with Crippen LogP contribution in [0.25, 0.3) is 5.76 Å². The van der Waals surface area contributed by atoms with Gasteiger partial charge in [0, 0.05) is 16.1 Å². The number of anilines is 1. The number of thiophene rings is 1. The third-order valence-corrected chi connectivity index (χ3v) is 6.91. The van der Waals surface area contributed by atoms with Gasteiger partial charge in [0.1, 0.15) is 11.8 Å². The number of aryl methyl sites for hydroxylation is 2. The molecule has 0 radical (unpaired) electrons. The first-order valence-corrected chi connectivity index (χ1v) is 10.8. The average molecular weight is 458 g/mol. The van der Waals surface area contributed by atoms with E-state index < -0.39 is 17.7 Å². The Morgan fingerprint density at radius 3 is 2.30 bits per heavy atom. The number of hydrogen-bond acceptors (Lipinski definition) is 4. The fraction of sp³-hybridized carbons (Fsp3) is 0.130. The molecule has 1 aliphatic rings. The van der Waals surface area contributed by atoms with E-state index in [0.29, 0.717) is 16.3 Å². The summed E-state index contributed by atoms with van der Waals surface area (Å²) in [4.78, 5) is 28.4. The van der Waals surface area contributed by atoms with Crippen molar-refractivity contribution in [1.29, 1.82) is 0 Å². The number of rotatable bonds is 3. The van der Waals surface area contributed by atoms with Crippen LogP contribution in [-0.2, 0) is 9.59 Å².